The molecule has 0 heterocycles. The van der Waals surface area contributed by atoms with Crippen LogP contribution in [0.1, 0.15) is 225 Å². The Morgan fingerprint density at radius 1 is 0.326 bits per heavy atom. The van der Waals surface area contributed by atoms with E-state index in [4.69, 9.17) is 38.3 Å². The van der Waals surface area contributed by atoms with Gasteiger partial charge in [0.2, 0.25) is 0 Å². The number of aliphatic carboxylic acids is 1. The van der Waals surface area contributed by atoms with Gasteiger partial charge in [-0.05, 0) is 12.5 Å². The summed E-state index contributed by atoms with van der Waals surface area (Å²) in [5.41, 5.74) is 0. The van der Waals surface area contributed by atoms with Crippen molar-refractivity contribution in [2.24, 2.45) is 0 Å². The molecule has 0 aromatic rings. The van der Waals surface area contributed by atoms with Gasteiger partial charge in [-0.3, -0.25) is 4.79 Å². The topological polar surface area (TPSA) is 37.3 Å². The molecule has 0 aliphatic rings. The monoisotopic (exact) mass is 682 g/mol. The highest BCUT2D eigenvalue weighted by atomic mass is 35.8. The summed E-state index contributed by atoms with van der Waals surface area (Å²) in [6.07, 6.45) is 47.0. The van der Waals surface area contributed by atoms with Gasteiger partial charge in [0.15, 0.2) is 0 Å². The highest BCUT2D eigenvalue weighted by Crippen LogP contribution is 2.27. The average Bonchev–Trinajstić information content (AvgIpc) is 2.96. The minimum Gasteiger partial charge on any atom is -0.481 e. The van der Waals surface area contributed by atoms with Gasteiger partial charge < -0.3 is 5.11 Å². The van der Waals surface area contributed by atoms with E-state index in [-0.39, 0.29) is 0 Å². The van der Waals surface area contributed by atoms with E-state index in [1.54, 1.807) is 0 Å². The Balaban J connectivity index is 3.06. The van der Waals surface area contributed by atoms with E-state index in [1.165, 1.54) is 199 Å². The molecule has 43 heavy (non-hydrogen) atoms. The smallest absolute Gasteiger partial charge is 0.341 e. The summed E-state index contributed by atoms with van der Waals surface area (Å²) < 4.78 is 0. The molecule has 0 aromatic carbocycles. The molecule has 0 atom stereocenters. The van der Waals surface area contributed by atoms with Crippen LogP contribution in [-0.4, -0.2) is 17.1 Å². The molecule has 0 aliphatic carbocycles. The summed E-state index contributed by atoms with van der Waals surface area (Å²) in [4.78, 5) is 10.5. The molecule has 0 radical (unpaired) electrons. The van der Waals surface area contributed by atoms with Gasteiger partial charge in [0, 0.05) is 6.42 Å². The van der Waals surface area contributed by atoms with Gasteiger partial charge >= 0.3 is 12.0 Å². The SMILES string of the molecule is O=C(O)CCCCCCCCCCCCCCCCCCCCCCCCCCCCCCCCCCCC[Si](Cl)(Cl)Cl. The minimum absolute atomic E-state index is 0.342. The van der Waals surface area contributed by atoms with Crippen LogP contribution in [0.25, 0.3) is 0 Å². The van der Waals surface area contributed by atoms with Gasteiger partial charge in [0.25, 0.3) is 0 Å². The first kappa shape index (κ1) is 43.6. The summed E-state index contributed by atoms with van der Waals surface area (Å²) in [7, 11) is 0. The molecule has 0 spiro atoms. The van der Waals surface area contributed by atoms with E-state index in [2.05, 4.69) is 0 Å². The molecular formula is C37H73Cl3O2Si. The molecule has 0 rings (SSSR count). The lowest BCUT2D eigenvalue weighted by Gasteiger charge is -2.07. The largest absolute Gasteiger partial charge is 0.481 e. The number of carboxylic acid groups (broad SMARTS) is 1. The molecule has 2 nitrogen and oxygen atoms in total. The number of hydrogen-bond donors (Lipinski definition) is 1. The van der Waals surface area contributed by atoms with E-state index in [0.717, 1.165) is 25.3 Å². The minimum atomic E-state index is -2.37. The lowest BCUT2D eigenvalue weighted by atomic mass is 10.0. The molecule has 0 aliphatic heterocycles. The van der Waals surface area contributed by atoms with Crippen LogP contribution >= 0.6 is 33.2 Å². The Hall–Kier alpha value is 0.557. The Labute approximate surface area is 284 Å². The zero-order valence-electron chi connectivity index (χ0n) is 28.4. The van der Waals surface area contributed by atoms with Crippen LogP contribution in [0.15, 0.2) is 0 Å². The number of halogens is 3. The lowest BCUT2D eigenvalue weighted by Crippen LogP contribution is -2.07. The Bertz CT molecular complexity index is 556. The fourth-order valence-corrected chi connectivity index (χ4v) is 8.11. The molecular weight excluding hydrogens is 611 g/mol. The number of hydrogen-bond acceptors (Lipinski definition) is 1. The third-order valence-corrected chi connectivity index (χ3v) is 11.7. The predicted octanol–water partition coefficient (Wildman–Crippen LogP) is 15.4. The standard InChI is InChI=1S/C37H73Cl3O2Si/c38-43(39,40)36-34-32-30-28-26-24-22-20-18-16-14-12-10-8-6-4-2-1-3-5-7-9-11-13-15-17-19-21-23-25-27-29-31-33-35-37(41)42/h1-36H2,(H,41,42). The Morgan fingerprint density at radius 2 is 0.488 bits per heavy atom. The molecule has 6 heteroatoms. The molecule has 0 saturated heterocycles. The summed E-state index contributed by atoms with van der Waals surface area (Å²) in [5.74, 6) is -0.651. The summed E-state index contributed by atoms with van der Waals surface area (Å²) >= 11 is 17.8. The third-order valence-electron chi connectivity index (χ3n) is 9.10. The maximum atomic E-state index is 10.5. The molecule has 0 saturated carbocycles. The van der Waals surface area contributed by atoms with E-state index in [1.807, 2.05) is 0 Å². The maximum Gasteiger partial charge on any atom is 0.341 e. The predicted molar refractivity (Wildman–Crippen MR) is 197 cm³/mol. The van der Waals surface area contributed by atoms with E-state index in [0.29, 0.717) is 6.42 Å². The highest BCUT2D eigenvalue weighted by Gasteiger charge is 2.23. The summed E-state index contributed by atoms with van der Waals surface area (Å²) in [5, 5.41) is 8.64. The lowest BCUT2D eigenvalue weighted by molar-refractivity contribution is -0.137. The first-order valence-corrected chi connectivity index (χ1v) is 24.4. The van der Waals surface area contributed by atoms with E-state index >= 15 is 0 Å². The van der Waals surface area contributed by atoms with Crippen molar-refractivity contribution in [2.45, 2.75) is 231 Å². The van der Waals surface area contributed by atoms with Crippen molar-refractivity contribution < 1.29 is 9.90 Å². The highest BCUT2D eigenvalue weighted by molar-refractivity contribution is 7.64. The fraction of sp³-hybridized carbons (Fsp3) is 0.973. The first-order chi connectivity index (χ1) is 20.9. The van der Waals surface area contributed by atoms with E-state index in [9.17, 15) is 4.79 Å². The van der Waals surface area contributed by atoms with Crippen LogP contribution in [0.2, 0.25) is 6.04 Å². The quantitative estimate of drug-likeness (QED) is 0.0402. The number of carbonyl (C=O) groups is 1. The van der Waals surface area contributed by atoms with Gasteiger partial charge in [-0.25, -0.2) is 0 Å². The maximum absolute atomic E-state index is 10.5. The van der Waals surface area contributed by atoms with Crippen molar-refractivity contribution in [1.82, 2.24) is 0 Å². The molecule has 1 N–H and O–H groups in total. The molecule has 258 valence electrons. The molecule has 0 fully saturated rings. The van der Waals surface area contributed by atoms with Crippen LogP contribution in [0.5, 0.6) is 0 Å². The number of rotatable bonds is 37. The van der Waals surface area contributed by atoms with Crippen molar-refractivity contribution in [3.8, 4) is 0 Å². The molecule has 0 amide bonds. The van der Waals surface area contributed by atoms with Crippen LogP contribution < -0.4 is 0 Å². The molecule has 0 bridgehead atoms. The Kier molecular flexibility index (Phi) is 35.9. The zero-order valence-corrected chi connectivity index (χ0v) is 31.7. The van der Waals surface area contributed by atoms with Gasteiger partial charge in [-0.2, -0.15) is 0 Å². The van der Waals surface area contributed by atoms with Crippen molar-refractivity contribution in [3.05, 3.63) is 0 Å². The van der Waals surface area contributed by atoms with Crippen LogP contribution in [0, 0.1) is 0 Å². The number of unbranched alkanes of at least 4 members (excludes halogenated alkanes) is 33. The average molecular weight is 684 g/mol. The van der Waals surface area contributed by atoms with Crippen molar-refractivity contribution >= 4 is 45.2 Å². The van der Waals surface area contributed by atoms with Gasteiger partial charge in [-0.1, -0.05) is 212 Å². The number of carboxylic acids is 1. The van der Waals surface area contributed by atoms with Gasteiger partial charge in [-0.15, -0.1) is 33.2 Å². The zero-order chi connectivity index (χ0) is 31.5. The fourth-order valence-electron chi connectivity index (χ4n) is 6.26. The van der Waals surface area contributed by atoms with Crippen molar-refractivity contribution in [2.75, 3.05) is 0 Å². The molecule has 0 unspecified atom stereocenters. The summed E-state index contributed by atoms with van der Waals surface area (Å²) in [6, 6.07) is -1.55. The second-order valence-electron chi connectivity index (χ2n) is 13.5. The van der Waals surface area contributed by atoms with Crippen molar-refractivity contribution in [3.63, 3.8) is 0 Å². The molecule has 0 aromatic heterocycles. The van der Waals surface area contributed by atoms with Crippen LogP contribution in [-0.2, 0) is 4.79 Å². The second kappa shape index (κ2) is 35.4. The van der Waals surface area contributed by atoms with Crippen LogP contribution in [0.4, 0.5) is 0 Å². The normalized spacial score (nSPS) is 11.9. The van der Waals surface area contributed by atoms with Crippen LogP contribution in [0.3, 0.4) is 0 Å². The Morgan fingerprint density at radius 3 is 0.651 bits per heavy atom. The van der Waals surface area contributed by atoms with E-state index < -0.39 is 12.0 Å². The first-order valence-electron chi connectivity index (χ1n) is 19.2. The van der Waals surface area contributed by atoms with Gasteiger partial charge in [0.1, 0.15) is 0 Å². The third kappa shape index (κ3) is 42.6. The summed E-state index contributed by atoms with van der Waals surface area (Å²) in [6.45, 7) is 0. The van der Waals surface area contributed by atoms with Crippen molar-refractivity contribution in [1.29, 1.82) is 0 Å². The van der Waals surface area contributed by atoms with Gasteiger partial charge in [0.05, 0.1) is 0 Å². The second-order valence-corrected chi connectivity index (χ2v) is 22.8.